The molecule has 1 aliphatic rings. The van der Waals surface area contributed by atoms with Gasteiger partial charge in [0.25, 0.3) is 0 Å². The van der Waals surface area contributed by atoms with Crippen LogP contribution in [0.4, 0.5) is 0 Å². The molecule has 2 N–H and O–H groups in total. The number of sulfone groups is 1. The van der Waals surface area contributed by atoms with Gasteiger partial charge in [-0.3, -0.25) is 0 Å². The fraction of sp³-hybridized carbons (Fsp3) is 1.00. The molecule has 1 fully saturated rings. The third kappa shape index (κ3) is 2.68. The SMILES string of the molecule is CCC(C(C)N)C1CCS(=O)(=O)C1. The van der Waals surface area contributed by atoms with E-state index in [4.69, 9.17) is 5.73 Å². The summed E-state index contributed by atoms with van der Waals surface area (Å²) in [4.78, 5) is 0. The molecule has 1 rings (SSSR count). The molecule has 3 unspecified atom stereocenters. The summed E-state index contributed by atoms with van der Waals surface area (Å²) in [6.07, 6.45) is 1.79. The summed E-state index contributed by atoms with van der Waals surface area (Å²) in [6.45, 7) is 4.05. The molecule has 13 heavy (non-hydrogen) atoms. The molecule has 0 radical (unpaired) electrons. The van der Waals surface area contributed by atoms with E-state index in [1.807, 2.05) is 6.92 Å². The third-order valence-electron chi connectivity index (χ3n) is 3.02. The molecule has 1 aliphatic heterocycles. The highest BCUT2D eigenvalue weighted by atomic mass is 32.2. The molecule has 3 nitrogen and oxygen atoms in total. The summed E-state index contributed by atoms with van der Waals surface area (Å²) in [5.74, 6) is 1.39. The second-order valence-electron chi connectivity index (χ2n) is 4.09. The van der Waals surface area contributed by atoms with Gasteiger partial charge in [0.15, 0.2) is 9.84 Å². The van der Waals surface area contributed by atoms with Crippen molar-refractivity contribution in [2.75, 3.05) is 11.5 Å². The largest absolute Gasteiger partial charge is 0.328 e. The van der Waals surface area contributed by atoms with Crippen molar-refractivity contribution in [1.29, 1.82) is 0 Å². The van der Waals surface area contributed by atoms with E-state index in [0.29, 0.717) is 23.3 Å². The first-order valence-corrected chi connectivity index (χ1v) is 6.74. The standard InChI is InChI=1S/C9H19NO2S/c1-3-9(7(2)10)8-4-5-13(11,12)6-8/h7-9H,3-6,10H2,1-2H3. The van der Waals surface area contributed by atoms with Crippen LogP contribution in [0.5, 0.6) is 0 Å². The first-order chi connectivity index (χ1) is 5.96. The maximum Gasteiger partial charge on any atom is 0.150 e. The highest BCUT2D eigenvalue weighted by Crippen LogP contribution is 2.29. The van der Waals surface area contributed by atoms with Crippen LogP contribution in [0.1, 0.15) is 26.7 Å². The molecular formula is C9H19NO2S. The Hall–Kier alpha value is -0.0900. The lowest BCUT2D eigenvalue weighted by Gasteiger charge is -2.24. The van der Waals surface area contributed by atoms with Crippen molar-refractivity contribution in [3.05, 3.63) is 0 Å². The average molecular weight is 205 g/mol. The van der Waals surface area contributed by atoms with Crippen LogP contribution in [0.15, 0.2) is 0 Å². The Bertz CT molecular complexity index is 259. The maximum atomic E-state index is 11.2. The Balaban J connectivity index is 2.63. The van der Waals surface area contributed by atoms with E-state index in [1.54, 1.807) is 0 Å². The van der Waals surface area contributed by atoms with Gasteiger partial charge in [-0.2, -0.15) is 0 Å². The van der Waals surface area contributed by atoms with Crippen molar-refractivity contribution in [3.8, 4) is 0 Å². The van der Waals surface area contributed by atoms with Crippen LogP contribution < -0.4 is 5.73 Å². The van der Waals surface area contributed by atoms with Gasteiger partial charge in [-0.15, -0.1) is 0 Å². The van der Waals surface area contributed by atoms with Gasteiger partial charge in [0.05, 0.1) is 11.5 Å². The third-order valence-corrected chi connectivity index (χ3v) is 4.81. The summed E-state index contributed by atoms with van der Waals surface area (Å²) >= 11 is 0. The minimum Gasteiger partial charge on any atom is -0.328 e. The first-order valence-electron chi connectivity index (χ1n) is 4.92. The molecule has 0 aromatic carbocycles. The summed E-state index contributed by atoms with van der Waals surface area (Å²) in [5, 5.41) is 0. The van der Waals surface area contributed by atoms with E-state index in [1.165, 1.54) is 0 Å². The topological polar surface area (TPSA) is 60.2 Å². The fourth-order valence-corrected chi connectivity index (χ4v) is 4.19. The van der Waals surface area contributed by atoms with Gasteiger partial charge < -0.3 is 5.73 Å². The molecule has 3 atom stereocenters. The van der Waals surface area contributed by atoms with E-state index >= 15 is 0 Å². The quantitative estimate of drug-likeness (QED) is 0.741. The number of rotatable bonds is 3. The fourth-order valence-electron chi connectivity index (χ4n) is 2.30. The average Bonchev–Trinajstić information content (AvgIpc) is 2.31. The molecule has 0 spiro atoms. The second-order valence-corrected chi connectivity index (χ2v) is 6.32. The van der Waals surface area contributed by atoms with Gasteiger partial charge in [0.2, 0.25) is 0 Å². The van der Waals surface area contributed by atoms with Crippen molar-refractivity contribution in [3.63, 3.8) is 0 Å². The lowest BCUT2D eigenvalue weighted by Crippen LogP contribution is -2.32. The van der Waals surface area contributed by atoms with Gasteiger partial charge >= 0.3 is 0 Å². The predicted molar refractivity (Wildman–Crippen MR) is 54.2 cm³/mol. The molecule has 1 saturated heterocycles. The summed E-state index contributed by atoms with van der Waals surface area (Å²) < 4.78 is 22.5. The van der Waals surface area contributed by atoms with Gasteiger partial charge in [0, 0.05) is 6.04 Å². The number of hydrogen-bond donors (Lipinski definition) is 1. The molecule has 1 heterocycles. The first kappa shape index (κ1) is 11.0. The maximum absolute atomic E-state index is 11.2. The van der Waals surface area contributed by atoms with Crippen LogP contribution in [0.2, 0.25) is 0 Å². The Morgan fingerprint density at radius 3 is 2.46 bits per heavy atom. The molecule has 0 aromatic rings. The van der Waals surface area contributed by atoms with Crippen LogP contribution in [-0.4, -0.2) is 26.0 Å². The van der Waals surface area contributed by atoms with Crippen LogP contribution in [-0.2, 0) is 9.84 Å². The molecule has 0 amide bonds. The van der Waals surface area contributed by atoms with E-state index in [2.05, 4.69) is 6.92 Å². The lowest BCUT2D eigenvalue weighted by atomic mass is 9.85. The monoisotopic (exact) mass is 205 g/mol. The molecule has 0 bridgehead atoms. The Kier molecular flexibility index (Phi) is 3.35. The zero-order valence-electron chi connectivity index (χ0n) is 8.36. The van der Waals surface area contributed by atoms with Crippen molar-refractivity contribution < 1.29 is 8.42 Å². The zero-order chi connectivity index (χ0) is 10.1. The second kappa shape index (κ2) is 3.96. The number of nitrogens with two attached hydrogens (primary N) is 1. The lowest BCUT2D eigenvalue weighted by molar-refractivity contribution is 0.307. The molecule has 0 aliphatic carbocycles. The van der Waals surface area contributed by atoms with E-state index in [9.17, 15) is 8.42 Å². The zero-order valence-corrected chi connectivity index (χ0v) is 9.18. The van der Waals surface area contributed by atoms with Crippen molar-refractivity contribution in [2.45, 2.75) is 32.7 Å². The van der Waals surface area contributed by atoms with Gasteiger partial charge in [-0.1, -0.05) is 13.3 Å². The summed E-state index contributed by atoms with van der Waals surface area (Å²) in [6, 6.07) is 0.114. The predicted octanol–water partition coefficient (Wildman–Crippen LogP) is 0.795. The van der Waals surface area contributed by atoms with Gasteiger partial charge in [-0.05, 0) is 25.2 Å². The van der Waals surface area contributed by atoms with Crippen LogP contribution in [0, 0.1) is 11.8 Å². The summed E-state index contributed by atoms with van der Waals surface area (Å²) in [7, 11) is -2.74. The molecule has 78 valence electrons. The Labute approximate surface area is 80.6 Å². The molecule has 0 saturated carbocycles. The van der Waals surface area contributed by atoms with Crippen LogP contribution >= 0.6 is 0 Å². The highest BCUT2D eigenvalue weighted by Gasteiger charge is 2.34. The minimum absolute atomic E-state index is 0.114. The minimum atomic E-state index is -2.74. The van der Waals surface area contributed by atoms with Gasteiger partial charge in [0.1, 0.15) is 0 Å². The van der Waals surface area contributed by atoms with E-state index in [-0.39, 0.29) is 6.04 Å². The highest BCUT2D eigenvalue weighted by molar-refractivity contribution is 7.91. The molecule has 0 aromatic heterocycles. The van der Waals surface area contributed by atoms with Crippen LogP contribution in [0.25, 0.3) is 0 Å². The normalized spacial score (nSPS) is 31.5. The van der Waals surface area contributed by atoms with Crippen LogP contribution in [0.3, 0.4) is 0 Å². The number of hydrogen-bond acceptors (Lipinski definition) is 3. The van der Waals surface area contributed by atoms with Crippen molar-refractivity contribution in [2.24, 2.45) is 17.6 Å². The smallest absolute Gasteiger partial charge is 0.150 e. The van der Waals surface area contributed by atoms with Gasteiger partial charge in [-0.25, -0.2) is 8.42 Å². The van der Waals surface area contributed by atoms with Crippen molar-refractivity contribution in [1.82, 2.24) is 0 Å². The van der Waals surface area contributed by atoms with E-state index < -0.39 is 9.84 Å². The van der Waals surface area contributed by atoms with E-state index in [0.717, 1.165) is 12.8 Å². The van der Waals surface area contributed by atoms with Crippen molar-refractivity contribution >= 4 is 9.84 Å². The molecular weight excluding hydrogens is 186 g/mol. The Morgan fingerprint density at radius 2 is 2.15 bits per heavy atom. The summed E-state index contributed by atoms with van der Waals surface area (Å²) in [5.41, 5.74) is 5.82. The Morgan fingerprint density at radius 1 is 1.54 bits per heavy atom. The molecule has 4 heteroatoms.